The van der Waals surface area contributed by atoms with Crippen LogP contribution in [0, 0.1) is 12.8 Å². The number of anilines is 1. The summed E-state index contributed by atoms with van der Waals surface area (Å²) < 4.78 is 0. The Kier molecular flexibility index (Phi) is 2.65. The van der Waals surface area contributed by atoms with E-state index in [9.17, 15) is 9.90 Å². The zero-order valence-electron chi connectivity index (χ0n) is 10.3. The van der Waals surface area contributed by atoms with Gasteiger partial charge in [0.25, 0.3) is 5.91 Å². The van der Waals surface area contributed by atoms with E-state index in [2.05, 4.69) is 5.32 Å². The molecule has 1 aliphatic heterocycles. The SMILES string of the molecule is Cc1ccc2c(c1Cl)NC(=O)C2(O)C1CCCC1. The van der Waals surface area contributed by atoms with Crippen molar-refractivity contribution in [3.63, 3.8) is 0 Å². The Bertz CT molecular complexity index is 523. The summed E-state index contributed by atoms with van der Waals surface area (Å²) in [4.78, 5) is 12.2. The Labute approximate surface area is 111 Å². The number of rotatable bonds is 1. The van der Waals surface area contributed by atoms with Crippen LogP contribution in [0.3, 0.4) is 0 Å². The molecule has 4 heteroatoms. The minimum absolute atomic E-state index is 0.0116. The number of fused-ring (bicyclic) bond motifs is 1. The van der Waals surface area contributed by atoms with Crippen LogP contribution in [0.4, 0.5) is 5.69 Å². The normalized spacial score (nSPS) is 27.4. The van der Waals surface area contributed by atoms with Crippen molar-refractivity contribution in [2.45, 2.75) is 38.2 Å². The number of hydrogen-bond acceptors (Lipinski definition) is 2. The fourth-order valence-electron chi connectivity index (χ4n) is 3.20. The molecule has 1 amide bonds. The number of aliphatic hydroxyl groups is 1. The largest absolute Gasteiger partial charge is 0.375 e. The van der Waals surface area contributed by atoms with Gasteiger partial charge in [0, 0.05) is 11.5 Å². The van der Waals surface area contributed by atoms with Crippen LogP contribution in [-0.2, 0) is 10.4 Å². The van der Waals surface area contributed by atoms with Crippen LogP contribution >= 0.6 is 11.6 Å². The van der Waals surface area contributed by atoms with Gasteiger partial charge in [-0.25, -0.2) is 0 Å². The van der Waals surface area contributed by atoms with Gasteiger partial charge in [-0.2, -0.15) is 0 Å². The van der Waals surface area contributed by atoms with E-state index < -0.39 is 5.60 Å². The minimum Gasteiger partial charge on any atom is -0.375 e. The van der Waals surface area contributed by atoms with Gasteiger partial charge in [0.05, 0.1) is 10.7 Å². The molecule has 1 atom stereocenters. The van der Waals surface area contributed by atoms with Crippen molar-refractivity contribution in [3.8, 4) is 0 Å². The van der Waals surface area contributed by atoms with Gasteiger partial charge >= 0.3 is 0 Å². The topological polar surface area (TPSA) is 49.3 Å². The second-order valence-corrected chi connectivity index (χ2v) is 5.70. The first-order valence-corrected chi connectivity index (χ1v) is 6.76. The summed E-state index contributed by atoms with van der Waals surface area (Å²) in [5, 5.41) is 14.1. The van der Waals surface area contributed by atoms with E-state index in [0.29, 0.717) is 16.3 Å². The molecule has 0 aromatic heterocycles. The zero-order chi connectivity index (χ0) is 12.9. The predicted molar refractivity (Wildman–Crippen MR) is 70.7 cm³/mol. The van der Waals surface area contributed by atoms with Gasteiger partial charge in [0.15, 0.2) is 5.60 Å². The van der Waals surface area contributed by atoms with Gasteiger partial charge in [0.1, 0.15) is 0 Å². The molecule has 96 valence electrons. The maximum absolute atomic E-state index is 12.2. The molecule has 1 aromatic carbocycles. The average Bonchev–Trinajstić information content (AvgIpc) is 2.94. The van der Waals surface area contributed by atoms with Crippen LogP contribution in [0.5, 0.6) is 0 Å². The third-order valence-corrected chi connectivity index (χ3v) is 4.76. The highest BCUT2D eigenvalue weighted by molar-refractivity contribution is 6.35. The molecule has 0 saturated heterocycles. The average molecular weight is 266 g/mol. The van der Waals surface area contributed by atoms with Crippen LogP contribution in [0.25, 0.3) is 0 Å². The van der Waals surface area contributed by atoms with Gasteiger partial charge < -0.3 is 10.4 Å². The van der Waals surface area contributed by atoms with Gasteiger partial charge in [-0.1, -0.05) is 36.6 Å². The molecular weight excluding hydrogens is 250 g/mol. The first kappa shape index (κ1) is 12.0. The Morgan fingerprint density at radius 3 is 2.72 bits per heavy atom. The first-order chi connectivity index (χ1) is 8.55. The second-order valence-electron chi connectivity index (χ2n) is 5.32. The van der Waals surface area contributed by atoms with Gasteiger partial charge in [-0.3, -0.25) is 4.79 Å². The number of carbonyl (C=O) groups is 1. The minimum atomic E-state index is -1.39. The lowest BCUT2D eigenvalue weighted by Crippen LogP contribution is -2.40. The summed E-state index contributed by atoms with van der Waals surface area (Å²) in [5.74, 6) is -0.311. The maximum atomic E-state index is 12.2. The number of amides is 1. The molecule has 0 spiro atoms. The van der Waals surface area contributed by atoms with Gasteiger partial charge in [0.2, 0.25) is 0 Å². The molecule has 1 heterocycles. The molecule has 2 N–H and O–H groups in total. The Morgan fingerprint density at radius 2 is 2.06 bits per heavy atom. The van der Waals surface area contributed by atoms with Gasteiger partial charge in [-0.05, 0) is 25.3 Å². The lowest BCUT2D eigenvalue weighted by molar-refractivity contribution is -0.139. The van der Waals surface area contributed by atoms with E-state index in [4.69, 9.17) is 11.6 Å². The molecule has 18 heavy (non-hydrogen) atoms. The number of halogens is 1. The molecule has 3 nitrogen and oxygen atoms in total. The summed E-state index contributed by atoms with van der Waals surface area (Å²) in [7, 11) is 0. The molecule has 1 aromatic rings. The Balaban J connectivity index is 2.14. The molecule has 1 fully saturated rings. The smallest absolute Gasteiger partial charge is 0.261 e. The molecular formula is C14H16ClNO2. The molecule has 0 radical (unpaired) electrons. The third kappa shape index (κ3) is 1.44. The van der Waals surface area contributed by atoms with Crippen molar-refractivity contribution >= 4 is 23.2 Å². The lowest BCUT2D eigenvalue weighted by atomic mass is 9.81. The van der Waals surface area contributed by atoms with Crippen molar-refractivity contribution in [3.05, 3.63) is 28.3 Å². The highest BCUT2D eigenvalue weighted by Crippen LogP contribution is 2.49. The number of aryl methyl sites for hydroxylation is 1. The van der Waals surface area contributed by atoms with Crippen LogP contribution in [0.2, 0.25) is 5.02 Å². The van der Waals surface area contributed by atoms with Crippen LogP contribution < -0.4 is 5.32 Å². The van der Waals surface area contributed by atoms with E-state index in [1.54, 1.807) is 0 Å². The third-order valence-electron chi connectivity index (χ3n) is 4.28. The maximum Gasteiger partial charge on any atom is 0.261 e. The summed E-state index contributed by atoms with van der Waals surface area (Å²) in [6.07, 6.45) is 3.95. The lowest BCUT2D eigenvalue weighted by Gasteiger charge is -2.27. The number of nitrogens with one attached hydrogen (secondary N) is 1. The van der Waals surface area contributed by atoms with Crippen molar-refractivity contribution < 1.29 is 9.90 Å². The molecule has 1 unspecified atom stereocenters. The zero-order valence-corrected chi connectivity index (χ0v) is 11.0. The van der Waals surface area contributed by atoms with Crippen molar-refractivity contribution in [2.24, 2.45) is 5.92 Å². The number of benzene rings is 1. The van der Waals surface area contributed by atoms with Crippen LogP contribution in [0.15, 0.2) is 12.1 Å². The van der Waals surface area contributed by atoms with E-state index in [0.717, 1.165) is 31.2 Å². The Morgan fingerprint density at radius 1 is 1.39 bits per heavy atom. The first-order valence-electron chi connectivity index (χ1n) is 6.38. The van der Waals surface area contributed by atoms with Crippen molar-refractivity contribution in [1.82, 2.24) is 0 Å². The molecule has 1 aliphatic carbocycles. The summed E-state index contributed by atoms with van der Waals surface area (Å²) in [5.41, 5.74) is 0.765. The highest BCUT2D eigenvalue weighted by atomic mass is 35.5. The summed E-state index contributed by atoms with van der Waals surface area (Å²) >= 11 is 6.21. The predicted octanol–water partition coefficient (Wildman–Crippen LogP) is 2.98. The quantitative estimate of drug-likeness (QED) is 0.820. The van der Waals surface area contributed by atoms with Crippen LogP contribution in [0.1, 0.15) is 36.8 Å². The fraction of sp³-hybridized carbons (Fsp3) is 0.500. The van der Waals surface area contributed by atoms with E-state index in [-0.39, 0.29) is 11.8 Å². The molecule has 3 rings (SSSR count). The highest BCUT2D eigenvalue weighted by Gasteiger charge is 2.52. The second kappa shape index (κ2) is 3.97. The summed E-state index contributed by atoms with van der Waals surface area (Å²) in [6, 6.07) is 3.69. The number of hydrogen-bond donors (Lipinski definition) is 2. The number of carbonyl (C=O) groups excluding carboxylic acids is 1. The van der Waals surface area contributed by atoms with Crippen molar-refractivity contribution in [2.75, 3.05) is 5.32 Å². The standard InChI is InChI=1S/C14H16ClNO2/c1-8-6-7-10-12(11(8)15)16-13(17)14(10,18)9-4-2-3-5-9/h6-7,9,18H,2-5H2,1H3,(H,16,17). The van der Waals surface area contributed by atoms with Crippen LogP contribution in [-0.4, -0.2) is 11.0 Å². The monoisotopic (exact) mass is 265 g/mol. The molecule has 0 bridgehead atoms. The van der Waals surface area contributed by atoms with E-state index in [1.165, 1.54) is 0 Å². The van der Waals surface area contributed by atoms with Gasteiger partial charge in [-0.15, -0.1) is 0 Å². The van der Waals surface area contributed by atoms with E-state index in [1.807, 2.05) is 19.1 Å². The van der Waals surface area contributed by atoms with E-state index >= 15 is 0 Å². The molecule has 2 aliphatic rings. The molecule has 1 saturated carbocycles. The van der Waals surface area contributed by atoms with Crippen molar-refractivity contribution in [1.29, 1.82) is 0 Å². The Hall–Kier alpha value is -1.06. The summed E-state index contributed by atoms with van der Waals surface area (Å²) in [6.45, 7) is 1.89. The fourth-order valence-corrected chi connectivity index (χ4v) is 3.41.